The van der Waals surface area contributed by atoms with Crippen molar-refractivity contribution >= 4 is 27.6 Å². The van der Waals surface area contributed by atoms with E-state index in [1.807, 2.05) is 31.2 Å². The number of ether oxygens (including phenoxy) is 1. The predicted molar refractivity (Wildman–Crippen MR) is 92.4 cm³/mol. The van der Waals surface area contributed by atoms with Gasteiger partial charge in [0.1, 0.15) is 11.6 Å². The second-order valence-corrected chi connectivity index (χ2v) is 6.10. The lowest BCUT2D eigenvalue weighted by molar-refractivity contribution is 0.249. The van der Waals surface area contributed by atoms with Crippen LogP contribution in [0.15, 0.2) is 46.9 Å². The lowest BCUT2D eigenvalue weighted by Crippen LogP contribution is -2.37. The van der Waals surface area contributed by atoms with E-state index in [0.29, 0.717) is 10.9 Å². The van der Waals surface area contributed by atoms with Crippen LogP contribution < -0.4 is 15.4 Å². The van der Waals surface area contributed by atoms with Crippen LogP contribution in [0.3, 0.4) is 0 Å². The molecule has 0 aliphatic carbocycles. The summed E-state index contributed by atoms with van der Waals surface area (Å²) in [6.07, 6.45) is 0.646. The van der Waals surface area contributed by atoms with Crippen LogP contribution in [0.4, 0.5) is 14.9 Å². The maximum absolute atomic E-state index is 13.7. The lowest BCUT2D eigenvalue weighted by Gasteiger charge is -2.15. The molecule has 122 valence electrons. The number of carbonyl (C=O) groups excluding carboxylic acids is 1. The molecule has 0 aliphatic heterocycles. The van der Waals surface area contributed by atoms with Gasteiger partial charge in [0.25, 0.3) is 0 Å². The molecule has 0 saturated heterocycles. The summed E-state index contributed by atoms with van der Waals surface area (Å²) in [4.78, 5) is 11.9. The zero-order valence-corrected chi connectivity index (χ0v) is 14.5. The van der Waals surface area contributed by atoms with Crippen LogP contribution in [0.1, 0.15) is 12.5 Å². The molecule has 2 rings (SSSR count). The summed E-state index contributed by atoms with van der Waals surface area (Å²) in [5.41, 5.74) is 1.19. The third kappa shape index (κ3) is 5.25. The van der Waals surface area contributed by atoms with Crippen LogP contribution in [-0.4, -0.2) is 19.2 Å². The van der Waals surface area contributed by atoms with Gasteiger partial charge in [-0.25, -0.2) is 9.18 Å². The molecule has 2 amide bonds. The number of carbonyl (C=O) groups is 1. The number of amides is 2. The standard InChI is InChI=1S/C17H18BrFN2O2/c1-11(8-12-4-3-5-14(9-12)23-2)20-17(22)21-16-7-6-13(18)10-15(16)19/h3-7,9-11H,8H2,1-2H3,(H2,20,21,22). The topological polar surface area (TPSA) is 50.4 Å². The molecule has 4 nitrogen and oxygen atoms in total. The number of hydrogen-bond donors (Lipinski definition) is 2. The van der Waals surface area contributed by atoms with Crippen molar-refractivity contribution in [1.82, 2.24) is 5.32 Å². The molecular formula is C17H18BrFN2O2. The predicted octanol–water partition coefficient (Wildman–Crippen LogP) is 4.35. The first-order valence-corrected chi connectivity index (χ1v) is 7.92. The molecule has 1 atom stereocenters. The zero-order chi connectivity index (χ0) is 16.8. The highest BCUT2D eigenvalue weighted by molar-refractivity contribution is 9.10. The van der Waals surface area contributed by atoms with Gasteiger partial charge in [0.15, 0.2) is 0 Å². The highest BCUT2D eigenvalue weighted by atomic mass is 79.9. The third-order valence-corrected chi connectivity index (χ3v) is 3.73. The summed E-state index contributed by atoms with van der Waals surface area (Å²) in [7, 11) is 1.61. The van der Waals surface area contributed by atoms with E-state index in [0.717, 1.165) is 11.3 Å². The van der Waals surface area contributed by atoms with Gasteiger partial charge in [-0.2, -0.15) is 0 Å². The number of nitrogens with one attached hydrogen (secondary N) is 2. The Balaban J connectivity index is 1.91. The summed E-state index contributed by atoms with van der Waals surface area (Å²) >= 11 is 3.17. The van der Waals surface area contributed by atoms with E-state index < -0.39 is 11.8 Å². The Kier molecular flexibility index (Phi) is 5.98. The molecule has 0 aliphatic rings. The van der Waals surface area contributed by atoms with Gasteiger partial charge >= 0.3 is 6.03 Å². The Morgan fingerprint density at radius 3 is 2.78 bits per heavy atom. The van der Waals surface area contributed by atoms with Crippen LogP contribution in [0.25, 0.3) is 0 Å². The number of hydrogen-bond acceptors (Lipinski definition) is 2. The fraction of sp³-hybridized carbons (Fsp3) is 0.235. The minimum absolute atomic E-state index is 0.111. The van der Waals surface area contributed by atoms with Crippen LogP contribution >= 0.6 is 15.9 Å². The van der Waals surface area contributed by atoms with Gasteiger partial charge in [-0.3, -0.25) is 0 Å². The maximum atomic E-state index is 13.7. The van der Waals surface area contributed by atoms with Gasteiger partial charge in [-0.15, -0.1) is 0 Å². The summed E-state index contributed by atoms with van der Waals surface area (Å²) in [6.45, 7) is 1.89. The number of rotatable bonds is 5. The van der Waals surface area contributed by atoms with E-state index in [1.165, 1.54) is 12.1 Å². The van der Waals surface area contributed by atoms with Gasteiger partial charge in [0, 0.05) is 10.5 Å². The summed E-state index contributed by atoms with van der Waals surface area (Å²) in [5, 5.41) is 5.29. The fourth-order valence-corrected chi connectivity index (χ4v) is 2.51. The smallest absolute Gasteiger partial charge is 0.319 e. The number of halogens is 2. The van der Waals surface area contributed by atoms with E-state index >= 15 is 0 Å². The highest BCUT2D eigenvalue weighted by Crippen LogP contribution is 2.19. The third-order valence-electron chi connectivity index (χ3n) is 3.23. The molecule has 0 radical (unpaired) electrons. The van der Waals surface area contributed by atoms with Gasteiger partial charge in [0.05, 0.1) is 12.8 Å². The summed E-state index contributed by atoms with van der Waals surface area (Å²) in [6, 6.07) is 11.6. The van der Waals surface area contributed by atoms with Crippen LogP contribution in [0, 0.1) is 5.82 Å². The van der Waals surface area contributed by atoms with Crippen molar-refractivity contribution in [3.8, 4) is 5.75 Å². The molecule has 2 aromatic rings. The average molecular weight is 381 g/mol. The van der Waals surface area contributed by atoms with Crippen molar-refractivity contribution in [3.05, 3.63) is 58.3 Å². The first-order valence-electron chi connectivity index (χ1n) is 7.13. The summed E-state index contributed by atoms with van der Waals surface area (Å²) < 4.78 is 19.5. The van der Waals surface area contributed by atoms with E-state index in [9.17, 15) is 9.18 Å². The monoisotopic (exact) mass is 380 g/mol. The SMILES string of the molecule is COc1cccc(CC(C)NC(=O)Nc2ccc(Br)cc2F)c1. The highest BCUT2D eigenvalue weighted by Gasteiger charge is 2.11. The van der Waals surface area contributed by atoms with E-state index in [4.69, 9.17) is 4.74 Å². The van der Waals surface area contributed by atoms with Crippen molar-refractivity contribution in [2.45, 2.75) is 19.4 Å². The second kappa shape index (κ2) is 7.97. The Labute approximate surface area is 143 Å². The van der Waals surface area contributed by atoms with Gasteiger partial charge < -0.3 is 15.4 Å². The van der Waals surface area contributed by atoms with E-state index in [-0.39, 0.29) is 11.7 Å². The van der Waals surface area contributed by atoms with Crippen molar-refractivity contribution in [3.63, 3.8) is 0 Å². The van der Waals surface area contributed by atoms with Gasteiger partial charge in [-0.1, -0.05) is 28.1 Å². The van der Waals surface area contributed by atoms with Gasteiger partial charge in [0.2, 0.25) is 0 Å². The quantitative estimate of drug-likeness (QED) is 0.809. The molecule has 0 aromatic heterocycles. The van der Waals surface area contributed by atoms with Crippen LogP contribution in [-0.2, 0) is 6.42 Å². The Morgan fingerprint density at radius 2 is 2.09 bits per heavy atom. The van der Waals surface area contributed by atoms with Crippen LogP contribution in [0.2, 0.25) is 0 Å². The molecular weight excluding hydrogens is 363 g/mol. The number of benzene rings is 2. The van der Waals surface area contributed by atoms with Crippen LogP contribution in [0.5, 0.6) is 5.75 Å². The number of methoxy groups -OCH3 is 1. The minimum Gasteiger partial charge on any atom is -0.497 e. The van der Waals surface area contributed by atoms with E-state index in [2.05, 4.69) is 26.6 Å². The molecule has 0 fully saturated rings. The summed E-state index contributed by atoms with van der Waals surface area (Å²) in [5.74, 6) is 0.283. The average Bonchev–Trinajstić information content (AvgIpc) is 2.50. The van der Waals surface area contributed by atoms with Crippen molar-refractivity contribution in [2.24, 2.45) is 0 Å². The lowest BCUT2D eigenvalue weighted by atomic mass is 10.1. The Hall–Kier alpha value is -2.08. The Bertz CT molecular complexity index is 694. The largest absolute Gasteiger partial charge is 0.497 e. The Morgan fingerprint density at radius 1 is 1.30 bits per heavy atom. The molecule has 6 heteroatoms. The van der Waals surface area contributed by atoms with Crippen molar-refractivity contribution in [1.29, 1.82) is 0 Å². The molecule has 0 heterocycles. The van der Waals surface area contributed by atoms with Crippen molar-refractivity contribution in [2.75, 3.05) is 12.4 Å². The molecule has 0 bridgehead atoms. The molecule has 1 unspecified atom stereocenters. The first kappa shape index (κ1) is 17.3. The van der Waals surface area contributed by atoms with Gasteiger partial charge in [-0.05, 0) is 49.2 Å². The second-order valence-electron chi connectivity index (χ2n) is 5.18. The fourth-order valence-electron chi connectivity index (χ4n) is 2.18. The molecule has 2 N–H and O–H groups in total. The molecule has 2 aromatic carbocycles. The van der Waals surface area contributed by atoms with E-state index in [1.54, 1.807) is 13.2 Å². The molecule has 23 heavy (non-hydrogen) atoms. The van der Waals surface area contributed by atoms with Crippen molar-refractivity contribution < 1.29 is 13.9 Å². The number of urea groups is 1. The zero-order valence-electron chi connectivity index (χ0n) is 12.9. The number of anilines is 1. The normalized spacial score (nSPS) is 11.7. The molecule has 0 spiro atoms. The first-order chi connectivity index (χ1) is 11.0. The minimum atomic E-state index is -0.491. The maximum Gasteiger partial charge on any atom is 0.319 e. The molecule has 0 saturated carbocycles.